The molecule has 4 nitrogen and oxygen atoms in total. The highest BCUT2D eigenvalue weighted by Crippen LogP contribution is 2.24. The number of aromatic nitrogens is 2. The van der Waals surface area contributed by atoms with Gasteiger partial charge in [0.2, 0.25) is 0 Å². The lowest BCUT2D eigenvalue weighted by Crippen LogP contribution is -2.25. The predicted molar refractivity (Wildman–Crippen MR) is 70.1 cm³/mol. The lowest BCUT2D eigenvalue weighted by molar-refractivity contribution is 0.537. The Kier molecular flexibility index (Phi) is 3.23. The average molecular weight is 238 g/mol. The molecule has 1 aliphatic rings. The molecule has 1 N–H and O–H groups in total. The second kappa shape index (κ2) is 4.49. The Morgan fingerprint density at radius 3 is 2.81 bits per heavy atom. The van der Waals surface area contributed by atoms with Crippen molar-refractivity contribution < 1.29 is 0 Å². The molecule has 0 fully saturated rings. The summed E-state index contributed by atoms with van der Waals surface area (Å²) in [4.78, 5) is 4.64. The highest BCUT2D eigenvalue weighted by molar-refractivity contribution is 8.14. The Balaban J connectivity index is 2.11. The number of hydrogen-bond acceptors (Lipinski definition) is 4. The van der Waals surface area contributed by atoms with Crippen LogP contribution in [0.1, 0.15) is 19.5 Å². The summed E-state index contributed by atoms with van der Waals surface area (Å²) in [5, 5.41) is 8.67. The summed E-state index contributed by atoms with van der Waals surface area (Å²) >= 11 is 1.79. The summed E-state index contributed by atoms with van der Waals surface area (Å²) in [6.45, 7) is 6.41. The molecule has 0 saturated carbocycles. The van der Waals surface area contributed by atoms with Crippen molar-refractivity contribution in [3.05, 3.63) is 11.9 Å². The highest BCUT2D eigenvalue weighted by atomic mass is 32.2. The van der Waals surface area contributed by atoms with Crippen LogP contribution >= 0.6 is 11.8 Å². The Morgan fingerprint density at radius 2 is 2.25 bits per heavy atom. The Hall–Kier alpha value is -0.970. The Morgan fingerprint density at radius 1 is 1.50 bits per heavy atom. The van der Waals surface area contributed by atoms with Crippen molar-refractivity contribution in [1.82, 2.24) is 9.78 Å². The van der Waals surface area contributed by atoms with E-state index < -0.39 is 0 Å². The first-order valence-corrected chi connectivity index (χ1v) is 6.52. The van der Waals surface area contributed by atoms with Crippen molar-refractivity contribution in [2.75, 3.05) is 11.1 Å². The monoisotopic (exact) mass is 238 g/mol. The van der Waals surface area contributed by atoms with Crippen LogP contribution in [0.4, 0.5) is 5.69 Å². The van der Waals surface area contributed by atoms with E-state index in [1.807, 2.05) is 24.9 Å². The van der Waals surface area contributed by atoms with Crippen LogP contribution in [0.15, 0.2) is 11.2 Å². The molecule has 1 aromatic rings. The van der Waals surface area contributed by atoms with Gasteiger partial charge in [0.25, 0.3) is 0 Å². The number of nitrogens with zero attached hydrogens (tertiary/aromatic N) is 3. The van der Waals surface area contributed by atoms with Gasteiger partial charge in [-0.15, -0.1) is 0 Å². The van der Waals surface area contributed by atoms with Crippen molar-refractivity contribution in [1.29, 1.82) is 0 Å². The van der Waals surface area contributed by atoms with E-state index in [0.717, 1.165) is 22.3 Å². The molecule has 88 valence electrons. The number of nitrogens with one attached hydrogen (secondary N) is 1. The number of anilines is 1. The minimum atomic E-state index is 0.403. The number of aliphatic imine (C=N–C) groups is 1. The molecule has 0 amide bonds. The minimum absolute atomic E-state index is 0.403. The van der Waals surface area contributed by atoms with E-state index >= 15 is 0 Å². The third-order valence-electron chi connectivity index (χ3n) is 2.88. The summed E-state index contributed by atoms with van der Waals surface area (Å²) in [7, 11) is 1.93. The Bertz CT molecular complexity index is 410. The second-order valence-corrected chi connectivity index (χ2v) is 5.40. The van der Waals surface area contributed by atoms with Crippen LogP contribution < -0.4 is 5.32 Å². The first-order chi connectivity index (χ1) is 7.56. The molecule has 0 bridgehead atoms. The second-order valence-electron chi connectivity index (χ2n) is 4.39. The molecule has 2 unspecified atom stereocenters. The van der Waals surface area contributed by atoms with E-state index in [4.69, 9.17) is 0 Å². The van der Waals surface area contributed by atoms with Gasteiger partial charge in [-0.05, 0) is 19.8 Å². The lowest BCUT2D eigenvalue weighted by Gasteiger charge is -2.23. The smallest absolute Gasteiger partial charge is 0.161 e. The lowest BCUT2D eigenvalue weighted by atomic mass is 10.1. The van der Waals surface area contributed by atoms with Gasteiger partial charge < -0.3 is 5.32 Å². The van der Waals surface area contributed by atoms with E-state index in [9.17, 15) is 0 Å². The van der Waals surface area contributed by atoms with Crippen molar-refractivity contribution in [3.63, 3.8) is 0 Å². The van der Waals surface area contributed by atoms with Crippen LogP contribution in [0.3, 0.4) is 0 Å². The molecule has 2 rings (SSSR count). The van der Waals surface area contributed by atoms with Crippen LogP contribution in [0.25, 0.3) is 0 Å². The zero-order valence-electron chi connectivity index (χ0n) is 10.2. The number of hydrogen-bond donors (Lipinski definition) is 1. The van der Waals surface area contributed by atoms with Crippen LogP contribution in [-0.4, -0.2) is 26.7 Å². The maximum atomic E-state index is 4.64. The van der Waals surface area contributed by atoms with Gasteiger partial charge in [-0.2, -0.15) is 5.10 Å². The molecule has 1 aliphatic heterocycles. The molecular formula is C11H18N4S. The first-order valence-electron chi connectivity index (χ1n) is 5.54. The summed E-state index contributed by atoms with van der Waals surface area (Å²) in [6, 6.07) is 0.403. The van der Waals surface area contributed by atoms with Crippen LogP contribution in [0.5, 0.6) is 0 Å². The maximum absolute atomic E-state index is 4.64. The highest BCUT2D eigenvalue weighted by Gasteiger charge is 2.19. The molecule has 0 spiro atoms. The first kappa shape index (κ1) is 11.5. The fourth-order valence-corrected chi connectivity index (χ4v) is 2.73. The van der Waals surface area contributed by atoms with Crippen LogP contribution in [0, 0.1) is 12.8 Å². The fourth-order valence-electron chi connectivity index (χ4n) is 1.60. The van der Waals surface area contributed by atoms with Crippen LogP contribution in [0.2, 0.25) is 0 Å². The van der Waals surface area contributed by atoms with Gasteiger partial charge in [0, 0.05) is 19.0 Å². The van der Waals surface area contributed by atoms with Gasteiger partial charge in [-0.25, -0.2) is 0 Å². The van der Waals surface area contributed by atoms with Crippen molar-refractivity contribution in [2.24, 2.45) is 18.0 Å². The number of thioether (sulfide) groups is 1. The van der Waals surface area contributed by atoms with Gasteiger partial charge in [0.15, 0.2) is 5.17 Å². The fraction of sp³-hybridized carbons (Fsp3) is 0.636. The SMILES string of the molecule is Cc1nn(C)cc1NC1=NC(C)C(C)CS1. The van der Waals surface area contributed by atoms with Gasteiger partial charge in [0.1, 0.15) is 0 Å². The van der Waals surface area contributed by atoms with Crippen molar-refractivity contribution >= 4 is 22.6 Å². The van der Waals surface area contributed by atoms with E-state index in [0.29, 0.717) is 12.0 Å². The van der Waals surface area contributed by atoms with Gasteiger partial charge in [-0.3, -0.25) is 9.67 Å². The summed E-state index contributed by atoms with van der Waals surface area (Å²) in [5.41, 5.74) is 2.06. The Labute approximate surface area is 101 Å². The molecule has 0 saturated heterocycles. The van der Waals surface area contributed by atoms with E-state index in [1.165, 1.54) is 0 Å². The van der Waals surface area contributed by atoms with Gasteiger partial charge in [0.05, 0.1) is 17.4 Å². The summed E-state index contributed by atoms with van der Waals surface area (Å²) in [5.74, 6) is 1.79. The number of amidine groups is 1. The molecule has 0 aliphatic carbocycles. The maximum Gasteiger partial charge on any atom is 0.161 e. The normalized spacial score (nSPS) is 25.4. The summed E-state index contributed by atoms with van der Waals surface area (Å²) in [6.07, 6.45) is 1.99. The molecule has 0 aromatic carbocycles. The van der Waals surface area contributed by atoms with E-state index in [1.54, 1.807) is 11.8 Å². The molecule has 0 radical (unpaired) electrons. The molecule has 2 heterocycles. The molecule has 1 aromatic heterocycles. The summed E-state index contributed by atoms with van der Waals surface area (Å²) < 4.78 is 1.82. The molecule has 16 heavy (non-hydrogen) atoms. The van der Waals surface area contributed by atoms with E-state index in [2.05, 4.69) is 29.3 Å². The quantitative estimate of drug-likeness (QED) is 0.816. The molecule has 2 atom stereocenters. The zero-order valence-corrected chi connectivity index (χ0v) is 11.0. The third-order valence-corrected chi connectivity index (χ3v) is 4.06. The van der Waals surface area contributed by atoms with Crippen molar-refractivity contribution in [3.8, 4) is 0 Å². The van der Waals surface area contributed by atoms with Crippen LogP contribution in [-0.2, 0) is 7.05 Å². The average Bonchev–Trinajstić information content (AvgIpc) is 2.51. The molecule has 5 heteroatoms. The molecular weight excluding hydrogens is 220 g/mol. The van der Waals surface area contributed by atoms with Crippen molar-refractivity contribution in [2.45, 2.75) is 26.8 Å². The number of aryl methyl sites for hydroxylation is 2. The minimum Gasteiger partial charge on any atom is -0.332 e. The largest absolute Gasteiger partial charge is 0.332 e. The zero-order chi connectivity index (χ0) is 11.7. The predicted octanol–water partition coefficient (Wildman–Crippen LogP) is 2.27. The third kappa shape index (κ3) is 2.40. The van der Waals surface area contributed by atoms with E-state index in [-0.39, 0.29) is 0 Å². The standard InChI is InChI=1S/C11H18N4S/c1-7-6-16-11(12-8(7)2)13-10-5-15(4)14-9(10)3/h5,7-8H,6H2,1-4H3,(H,12,13). The van der Waals surface area contributed by atoms with Gasteiger partial charge >= 0.3 is 0 Å². The number of rotatable bonds is 1. The topological polar surface area (TPSA) is 42.2 Å². The van der Waals surface area contributed by atoms with Gasteiger partial charge in [-0.1, -0.05) is 18.7 Å².